The lowest BCUT2D eigenvalue weighted by Gasteiger charge is -2.34. The van der Waals surface area contributed by atoms with Crippen LogP contribution in [-0.4, -0.2) is 5.78 Å². The van der Waals surface area contributed by atoms with Crippen LogP contribution in [0, 0.1) is 17.3 Å². The second-order valence-electron chi connectivity index (χ2n) is 5.33. The number of allylic oxidation sites excluding steroid dienone is 4. The van der Waals surface area contributed by atoms with Gasteiger partial charge < -0.3 is 0 Å². The monoisotopic (exact) mass is 202 g/mol. The highest BCUT2D eigenvalue weighted by Gasteiger charge is 2.46. The van der Waals surface area contributed by atoms with E-state index in [0.29, 0.717) is 23.0 Å². The highest BCUT2D eigenvalue weighted by Crippen LogP contribution is 2.54. The topological polar surface area (TPSA) is 17.1 Å². The first kappa shape index (κ1) is 9.38. The second kappa shape index (κ2) is 3.33. The van der Waals surface area contributed by atoms with Crippen molar-refractivity contribution in [1.82, 2.24) is 0 Å². The van der Waals surface area contributed by atoms with Crippen molar-refractivity contribution < 1.29 is 4.79 Å². The summed E-state index contributed by atoms with van der Waals surface area (Å²) in [5.41, 5.74) is 0.409. The summed E-state index contributed by atoms with van der Waals surface area (Å²) >= 11 is 0. The number of carbonyl (C=O) groups excluding carboxylic acids is 1. The lowest BCUT2D eigenvalue weighted by atomic mass is 9.69. The smallest absolute Gasteiger partial charge is 0.159 e. The zero-order chi connectivity index (χ0) is 10.3. The zero-order valence-corrected chi connectivity index (χ0v) is 9.11. The molecule has 0 aromatic rings. The van der Waals surface area contributed by atoms with Crippen molar-refractivity contribution in [2.45, 2.75) is 38.5 Å². The number of hydrogen-bond donors (Lipinski definition) is 0. The number of hydrogen-bond acceptors (Lipinski definition) is 1. The van der Waals surface area contributed by atoms with E-state index in [2.05, 4.69) is 18.2 Å². The van der Waals surface area contributed by atoms with E-state index in [4.69, 9.17) is 0 Å². The Morgan fingerprint density at radius 3 is 2.60 bits per heavy atom. The summed E-state index contributed by atoms with van der Waals surface area (Å²) in [5.74, 6) is 1.30. The summed E-state index contributed by atoms with van der Waals surface area (Å²) in [7, 11) is 0. The first-order valence-electron chi connectivity index (χ1n) is 6.20. The molecule has 1 spiro atoms. The number of ketones is 1. The van der Waals surface area contributed by atoms with Gasteiger partial charge in [-0.25, -0.2) is 0 Å². The van der Waals surface area contributed by atoms with Gasteiger partial charge in [-0.3, -0.25) is 4.79 Å². The first-order chi connectivity index (χ1) is 7.32. The van der Waals surface area contributed by atoms with Gasteiger partial charge in [-0.05, 0) is 43.1 Å². The van der Waals surface area contributed by atoms with E-state index in [1.165, 1.54) is 25.7 Å². The molecule has 3 aliphatic carbocycles. The number of carbonyl (C=O) groups is 1. The minimum absolute atomic E-state index is 0.304. The molecule has 0 bridgehead atoms. The van der Waals surface area contributed by atoms with Crippen LogP contribution in [0.5, 0.6) is 0 Å². The minimum atomic E-state index is 0.304. The molecule has 0 amide bonds. The van der Waals surface area contributed by atoms with Crippen LogP contribution in [-0.2, 0) is 4.79 Å². The highest BCUT2D eigenvalue weighted by molar-refractivity contribution is 5.94. The molecule has 15 heavy (non-hydrogen) atoms. The van der Waals surface area contributed by atoms with E-state index in [1.54, 1.807) is 6.08 Å². The Hall–Kier alpha value is -0.850. The minimum Gasteiger partial charge on any atom is -0.295 e. The van der Waals surface area contributed by atoms with E-state index >= 15 is 0 Å². The van der Waals surface area contributed by atoms with Gasteiger partial charge in [0.2, 0.25) is 0 Å². The van der Waals surface area contributed by atoms with Crippen molar-refractivity contribution in [2.24, 2.45) is 17.3 Å². The second-order valence-corrected chi connectivity index (χ2v) is 5.33. The van der Waals surface area contributed by atoms with Gasteiger partial charge >= 0.3 is 0 Å². The van der Waals surface area contributed by atoms with Crippen LogP contribution in [0.2, 0.25) is 0 Å². The van der Waals surface area contributed by atoms with Gasteiger partial charge in [-0.1, -0.05) is 31.1 Å². The van der Waals surface area contributed by atoms with Crippen LogP contribution in [0.15, 0.2) is 24.3 Å². The van der Waals surface area contributed by atoms with Gasteiger partial charge in [-0.15, -0.1) is 0 Å². The summed E-state index contributed by atoms with van der Waals surface area (Å²) in [6.45, 7) is 0. The molecule has 2 atom stereocenters. The van der Waals surface area contributed by atoms with E-state index in [1.807, 2.05) is 0 Å². The molecule has 1 heteroatoms. The van der Waals surface area contributed by atoms with Crippen molar-refractivity contribution in [1.29, 1.82) is 0 Å². The highest BCUT2D eigenvalue weighted by atomic mass is 16.1. The van der Waals surface area contributed by atoms with Crippen LogP contribution in [0.25, 0.3) is 0 Å². The Kier molecular flexibility index (Phi) is 2.08. The normalized spacial score (nSPS) is 37.2. The van der Waals surface area contributed by atoms with Crippen molar-refractivity contribution in [3.8, 4) is 0 Å². The average Bonchev–Trinajstić information content (AvgIpc) is 2.90. The fourth-order valence-corrected chi connectivity index (χ4v) is 3.88. The van der Waals surface area contributed by atoms with Gasteiger partial charge in [0.15, 0.2) is 5.78 Å². The first-order valence-corrected chi connectivity index (χ1v) is 6.20. The molecule has 0 saturated heterocycles. The third-order valence-corrected chi connectivity index (χ3v) is 4.64. The van der Waals surface area contributed by atoms with Gasteiger partial charge in [0.25, 0.3) is 0 Å². The number of rotatable bonds is 1. The quantitative estimate of drug-likeness (QED) is 0.596. The summed E-state index contributed by atoms with van der Waals surface area (Å²) in [5, 5.41) is 0. The predicted molar refractivity (Wildman–Crippen MR) is 60.4 cm³/mol. The fourth-order valence-electron chi connectivity index (χ4n) is 3.88. The maximum Gasteiger partial charge on any atom is 0.159 e. The van der Waals surface area contributed by atoms with E-state index in [9.17, 15) is 4.79 Å². The van der Waals surface area contributed by atoms with E-state index in [-0.39, 0.29) is 0 Å². The summed E-state index contributed by atoms with van der Waals surface area (Å²) in [6, 6.07) is 0. The molecule has 3 aliphatic rings. The Bertz CT molecular complexity index is 331. The molecule has 1 saturated carbocycles. The lowest BCUT2D eigenvalue weighted by molar-refractivity contribution is -0.120. The fraction of sp³-hybridized carbons (Fsp3) is 0.643. The molecule has 0 unspecified atom stereocenters. The molecule has 1 nitrogen and oxygen atoms in total. The van der Waals surface area contributed by atoms with Crippen molar-refractivity contribution >= 4 is 5.78 Å². The van der Waals surface area contributed by atoms with Crippen LogP contribution in [0.3, 0.4) is 0 Å². The molecule has 3 rings (SSSR count). The standard InChI is InChI=1S/C14H18O/c15-13-7-3-5-11(13)12-6-4-10-14(12)8-1-2-9-14/h3-4,7,10-12H,1-2,5-6,8-9H2/t11-,12-/m1/s1. The third kappa shape index (κ3) is 1.32. The van der Waals surface area contributed by atoms with Crippen LogP contribution in [0.4, 0.5) is 0 Å². The molecule has 0 radical (unpaired) electrons. The Balaban J connectivity index is 1.84. The molecule has 0 aliphatic heterocycles. The van der Waals surface area contributed by atoms with Crippen LogP contribution >= 0.6 is 0 Å². The van der Waals surface area contributed by atoms with Gasteiger partial charge in [0.1, 0.15) is 0 Å². The Labute approximate surface area is 91.2 Å². The Morgan fingerprint density at radius 2 is 1.93 bits per heavy atom. The van der Waals surface area contributed by atoms with Gasteiger partial charge in [0, 0.05) is 5.92 Å². The summed E-state index contributed by atoms with van der Waals surface area (Å²) < 4.78 is 0. The maximum atomic E-state index is 11.8. The van der Waals surface area contributed by atoms with Crippen LogP contribution < -0.4 is 0 Å². The van der Waals surface area contributed by atoms with Crippen molar-refractivity contribution in [3.63, 3.8) is 0 Å². The van der Waals surface area contributed by atoms with Crippen LogP contribution in [0.1, 0.15) is 38.5 Å². The molecule has 0 aromatic heterocycles. The molecule has 0 aromatic carbocycles. The van der Waals surface area contributed by atoms with Crippen molar-refractivity contribution in [2.75, 3.05) is 0 Å². The van der Waals surface area contributed by atoms with E-state index < -0.39 is 0 Å². The van der Waals surface area contributed by atoms with Crippen molar-refractivity contribution in [3.05, 3.63) is 24.3 Å². The molecular weight excluding hydrogens is 184 g/mol. The molecule has 80 valence electrons. The predicted octanol–water partition coefficient (Wildman–Crippen LogP) is 3.27. The largest absolute Gasteiger partial charge is 0.295 e. The van der Waals surface area contributed by atoms with Gasteiger partial charge in [0.05, 0.1) is 0 Å². The summed E-state index contributed by atoms with van der Waals surface area (Å²) in [6.07, 6.45) is 16.1. The maximum absolute atomic E-state index is 11.8. The molecule has 0 N–H and O–H groups in total. The third-order valence-electron chi connectivity index (χ3n) is 4.64. The SMILES string of the molecule is O=C1C=CC[C@@H]1[C@H]1CC=CC12CCCC2. The Morgan fingerprint density at radius 1 is 1.13 bits per heavy atom. The lowest BCUT2D eigenvalue weighted by Crippen LogP contribution is -2.31. The average molecular weight is 202 g/mol. The summed E-state index contributed by atoms with van der Waals surface area (Å²) in [4.78, 5) is 11.8. The van der Waals surface area contributed by atoms with Gasteiger partial charge in [-0.2, -0.15) is 0 Å². The zero-order valence-electron chi connectivity index (χ0n) is 9.11. The molecular formula is C14H18O. The molecule has 1 fully saturated rings. The molecule has 0 heterocycles. The van der Waals surface area contributed by atoms with E-state index in [0.717, 1.165) is 12.8 Å².